The van der Waals surface area contributed by atoms with E-state index < -0.39 is 10.0 Å². The first-order valence-corrected chi connectivity index (χ1v) is 8.06. The Bertz CT molecular complexity index is 517. The van der Waals surface area contributed by atoms with Crippen LogP contribution >= 0.6 is 0 Å². The van der Waals surface area contributed by atoms with Gasteiger partial charge < -0.3 is 15.6 Å². The van der Waals surface area contributed by atoms with Crippen molar-refractivity contribution in [1.29, 1.82) is 0 Å². The van der Waals surface area contributed by atoms with Crippen molar-refractivity contribution < 1.29 is 18.3 Å². The van der Waals surface area contributed by atoms with E-state index >= 15 is 0 Å². The van der Waals surface area contributed by atoms with Gasteiger partial charge in [-0.25, -0.2) is 8.42 Å². The third-order valence-corrected chi connectivity index (χ3v) is 4.37. The van der Waals surface area contributed by atoms with Crippen LogP contribution in [0.4, 0.5) is 11.4 Å². The molecule has 1 aromatic carbocycles. The van der Waals surface area contributed by atoms with Crippen molar-refractivity contribution in [3.05, 3.63) is 24.3 Å². The Morgan fingerprint density at radius 2 is 2.00 bits per heavy atom. The molecule has 114 valence electrons. The second kappa shape index (κ2) is 7.47. The predicted octanol–water partition coefficient (Wildman–Crippen LogP) is 0.822. The van der Waals surface area contributed by atoms with Crippen LogP contribution in [0.3, 0.4) is 0 Å². The van der Waals surface area contributed by atoms with Crippen LogP contribution in [0.25, 0.3) is 0 Å². The van der Waals surface area contributed by atoms with Gasteiger partial charge >= 0.3 is 0 Å². The Morgan fingerprint density at radius 3 is 2.55 bits per heavy atom. The zero-order valence-corrected chi connectivity index (χ0v) is 12.6. The molecule has 1 rings (SSSR count). The Balaban J connectivity index is 2.92. The number of nitrogen functional groups attached to an aromatic ring is 1. The predicted molar refractivity (Wildman–Crippen MR) is 80.2 cm³/mol. The molecule has 6 nitrogen and oxygen atoms in total. The second-order valence-electron chi connectivity index (χ2n) is 4.59. The summed E-state index contributed by atoms with van der Waals surface area (Å²) in [6, 6.07) is 6.67. The molecule has 0 bridgehead atoms. The molecule has 7 heteroatoms. The van der Waals surface area contributed by atoms with E-state index in [1.165, 1.54) is 0 Å². The highest BCUT2D eigenvalue weighted by Gasteiger charge is 2.23. The Kier molecular flexibility index (Phi) is 6.25. The fourth-order valence-electron chi connectivity index (χ4n) is 1.71. The number of nitrogens with zero attached hydrogens (tertiary/aromatic N) is 1. The van der Waals surface area contributed by atoms with Gasteiger partial charge in [-0.3, -0.25) is 4.31 Å². The van der Waals surface area contributed by atoms with Gasteiger partial charge in [0.25, 0.3) is 0 Å². The molecule has 0 fully saturated rings. The largest absolute Gasteiger partial charge is 0.397 e. The standard InChI is InChI=1S/C13H22N2O4S/c1-11(2)19-9-10-20(17,18)15(7-8-16)13-6-4-3-5-12(13)14/h3-6,11,16H,7-10,14H2,1-2H3. The van der Waals surface area contributed by atoms with E-state index in [-0.39, 0.29) is 31.6 Å². The summed E-state index contributed by atoms with van der Waals surface area (Å²) in [7, 11) is -3.59. The third kappa shape index (κ3) is 4.66. The molecular formula is C13H22N2O4S. The molecular weight excluding hydrogens is 280 g/mol. The number of sulfonamides is 1. The molecule has 3 N–H and O–H groups in total. The molecule has 0 amide bonds. The number of anilines is 2. The maximum Gasteiger partial charge on any atom is 0.237 e. The van der Waals surface area contributed by atoms with Crippen molar-refractivity contribution in [1.82, 2.24) is 0 Å². The van der Waals surface area contributed by atoms with Crippen LogP contribution in [0.1, 0.15) is 13.8 Å². The van der Waals surface area contributed by atoms with Crippen molar-refractivity contribution in [2.75, 3.05) is 35.6 Å². The zero-order valence-electron chi connectivity index (χ0n) is 11.8. The van der Waals surface area contributed by atoms with Crippen molar-refractivity contribution in [2.24, 2.45) is 0 Å². The van der Waals surface area contributed by atoms with E-state index in [1.807, 2.05) is 13.8 Å². The number of nitrogens with two attached hydrogens (primary N) is 1. The van der Waals surface area contributed by atoms with E-state index in [2.05, 4.69) is 0 Å². The first kappa shape index (κ1) is 16.7. The number of hydrogen-bond acceptors (Lipinski definition) is 5. The summed E-state index contributed by atoms with van der Waals surface area (Å²) in [5.41, 5.74) is 6.54. The first-order chi connectivity index (χ1) is 9.38. The minimum Gasteiger partial charge on any atom is -0.397 e. The molecule has 0 radical (unpaired) electrons. The number of ether oxygens (including phenoxy) is 1. The number of para-hydroxylation sites is 2. The Labute approximate surface area is 120 Å². The normalized spacial score (nSPS) is 11.8. The lowest BCUT2D eigenvalue weighted by Gasteiger charge is -2.25. The highest BCUT2D eigenvalue weighted by atomic mass is 32.2. The molecule has 20 heavy (non-hydrogen) atoms. The maximum absolute atomic E-state index is 12.3. The van der Waals surface area contributed by atoms with Gasteiger partial charge in [0.2, 0.25) is 10.0 Å². The molecule has 0 heterocycles. The number of aliphatic hydroxyl groups is 1. The lowest BCUT2D eigenvalue weighted by molar-refractivity contribution is 0.0912. The molecule has 0 spiro atoms. The van der Waals surface area contributed by atoms with Crippen LogP contribution in [-0.2, 0) is 14.8 Å². The minimum atomic E-state index is -3.59. The van der Waals surface area contributed by atoms with Gasteiger partial charge in [-0.2, -0.15) is 0 Å². The minimum absolute atomic E-state index is 0.0294. The van der Waals surface area contributed by atoms with E-state index in [0.717, 1.165) is 4.31 Å². The van der Waals surface area contributed by atoms with E-state index in [9.17, 15) is 8.42 Å². The van der Waals surface area contributed by atoms with Gasteiger partial charge in [-0.1, -0.05) is 12.1 Å². The van der Waals surface area contributed by atoms with Crippen LogP contribution in [0.15, 0.2) is 24.3 Å². The van der Waals surface area contributed by atoms with Crippen molar-refractivity contribution in [3.63, 3.8) is 0 Å². The monoisotopic (exact) mass is 302 g/mol. The average Bonchev–Trinajstić information content (AvgIpc) is 2.36. The first-order valence-electron chi connectivity index (χ1n) is 6.46. The molecule has 0 atom stereocenters. The van der Waals surface area contributed by atoms with Gasteiger partial charge in [-0.05, 0) is 26.0 Å². The van der Waals surface area contributed by atoms with Crippen molar-refractivity contribution in [3.8, 4) is 0 Å². The second-order valence-corrected chi connectivity index (χ2v) is 6.60. The average molecular weight is 302 g/mol. The van der Waals surface area contributed by atoms with Crippen molar-refractivity contribution in [2.45, 2.75) is 20.0 Å². The summed E-state index contributed by atoms with van der Waals surface area (Å²) in [5, 5.41) is 9.09. The third-order valence-electron chi connectivity index (χ3n) is 2.64. The Morgan fingerprint density at radius 1 is 1.35 bits per heavy atom. The van der Waals surface area contributed by atoms with Crippen LogP contribution in [0, 0.1) is 0 Å². The SMILES string of the molecule is CC(C)OCCS(=O)(=O)N(CCO)c1ccccc1N. The molecule has 1 aromatic rings. The topological polar surface area (TPSA) is 92.9 Å². The quantitative estimate of drug-likeness (QED) is 0.694. The smallest absolute Gasteiger partial charge is 0.237 e. The molecule has 0 aromatic heterocycles. The summed E-state index contributed by atoms with van der Waals surface area (Å²) in [6.07, 6.45) is -0.0294. The van der Waals surface area contributed by atoms with Crippen LogP contribution in [0.5, 0.6) is 0 Å². The maximum atomic E-state index is 12.3. The zero-order chi connectivity index (χ0) is 15.2. The van der Waals surface area contributed by atoms with Crippen LogP contribution in [-0.4, -0.2) is 45.1 Å². The van der Waals surface area contributed by atoms with E-state index in [1.54, 1.807) is 24.3 Å². The lowest BCUT2D eigenvalue weighted by Crippen LogP contribution is -2.37. The van der Waals surface area contributed by atoms with Gasteiger partial charge in [0.05, 0.1) is 43.0 Å². The van der Waals surface area contributed by atoms with E-state index in [0.29, 0.717) is 11.4 Å². The lowest BCUT2D eigenvalue weighted by atomic mass is 10.3. The number of rotatable bonds is 8. The summed E-state index contributed by atoms with van der Waals surface area (Å²) in [6.45, 7) is 3.48. The van der Waals surface area contributed by atoms with Gasteiger partial charge in [-0.15, -0.1) is 0 Å². The molecule has 0 saturated carbocycles. The number of benzene rings is 1. The molecule has 0 unspecified atom stereocenters. The summed E-state index contributed by atoms with van der Waals surface area (Å²) < 4.78 is 31.1. The van der Waals surface area contributed by atoms with E-state index in [4.69, 9.17) is 15.6 Å². The molecule has 0 aliphatic carbocycles. The van der Waals surface area contributed by atoms with Crippen LogP contribution < -0.4 is 10.0 Å². The van der Waals surface area contributed by atoms with Gasteiger partial charge in [0.15, 0.2) is 0 Å². The number of hydrogen-bond donors (Lipinski definition) is 2. The fraction of sp³-hybridized carbons (Fsp3) is 0.538. The summed E-state index contributed by atoms with van der Waals surface area (Å²) in [4.78, 5) is 0. The van der Waals surface area contributed by atoms with Crippen LogP contribution in [0.2, 0.25) is 0 Å². The molecule has 0 saturated heterocycles. The highest BCUT2D eigenvalue weighted by Crippen LogP contribution is 2.25. The van der Waals surface area contributed by atoms with Crippen molar-refractivity contribution >= 4 is 21.4 Å². The fourth-order valence-corrected chi connectivity index (χ4v) is 3.07. The molecule has 0 aliphatic rings. The summed E-state index contributed by atoms with van der Waals surface area (Å²) >= 11 is 0. The molecule has 0 aliphatic heterocycles. The highest BCUT2D eigenvalue weighted by molar-refractivity contribution is 7.92. The Hall–Kier alpha value is -1.31. The number of aliphatic hydroxyl groups excluding tert-OH is 1. The van der Waals surface area contributed by atoms with Gasteiger partial charge in [0, 0.05) is 0 Å². The van der Waals surface area contributed by atoms with Gasteiger partial charge in [0.1, 0.15) is 0 Å². The summed E-state index contributed by atoms with van der Waals surface area (Å²) in [5.74, 6) is -0.153.